The van der Waals surface area contributed by atoms with Crippen LogP contribution in [-0.2, 0) is 33.4 Å². The Balaban J connectivity index is 4.76. The molecule has 0 rings (SSSR count). The van der Waals surface area contributed by atoms with Crippen molar-refractivity contribution in [2.75, 3.05) is 52.6 Å². The number of carbonyl (C=O) groups is 5. The average Bonchev–Trinajstić information content (AvgIpc) is 3.12. The van der Waals surface area contributed by atoms with Crippen LogP contribution in [0.2, 0.25) is 0 Å². The maximum absolute atomic E-state index is 13.0. The SMILES string of the molecule is CCCCCC/C=C\COC(=O)CCCNC(=O)CCC(OC(=O)N(CCCO)CCCO)C(=O)NCCCC(=O)OC/C=C\CCCCCC. The fourth-order valence-corrected chi connectivity index (χ4v) is 4.80. The number of aliphatic hydroxyl groups is 2. The molecule has 0 aliphatic carbocycles. The van der Waals surface area contributed by atoms with Crippen molar-refractivity contribution >= 4 is 29.8 Å². The van der Waals surface area contributed by atoms with E-state index < -0.39 is 18.1 Å². The molecule has 1 atom stereocenters. The van der Waals surface area contributed by atoms with E-state index in [1.165, 1.54) is 43.4 Å². The Hall–Kier alpha value is -3.45. The third-order valence-electron chi connectivity index (χ3n) is 7.80. The molecule has 0 saturated carbocycles. The van der Waals surface area contributed by atoms with Crippen LogP contribution in [0.5, 0.6) is 0 Å². The molecule has 0 radical (unpaired) electrons. The zero-order valence-corrected chi connectivity index (χ0v) is 31.4. The van der Waals surface area contributed by atoms with Gasteiger partial charge in [-0.2, -0.15) is 0 Å². The molecule has 0 aromatic heterocycles. The molecule has 294 valence electrons. The van der Waals surface area contributed by atoms with E-state index in [0.29, 0.717) is 12.8 Å². The summed E-state index contributed by atoms with van der Waals surface area (Å²) in [6, 6.07) is 0. The molecule has 3 amide bonds. The Morgan fingerprint density at radius 3 is 1.63 bits per heavy atom. The summed E-state index contributed by atoms with van der Waals surface area (Å²) in [7, 11) is 0. The summed E-state index contributed by atoms with van der Waals surface area (Å²) in [6.07, 6.45) is 18.2. The lowest BCUT2D eigenvalue weighted by Crippen LogP contribution is -2.43. The molecular formula is C38H67N3O10. The number of hydrogen-bond donors (Lipinski definition) is 4. The highest BCUT2D eigenvalue weighted by atomic mass is 16.6. The third kappa shape index (κ3) is 29.9. The predicted octanol–water partition coefficient (Wildman–Crippen LogP) is 5.27. The quantitative estimate of drug-likeness (QED) is 0.0301. The van der Waals surface area contributed by atoms with Gasteiger partial charge in [0, 0.05) is 65.1 Å². The lowest BCUT2D eigenvalue weighted by atomic mass is 10.1. The van der Waals surface area contributed by atoms with Gasteiger partial charge < -0.3 is 40.0 Å². The minimum Gasteiger partial charge on any atom is -0.461 e. The first-order valence-electron chi connectivity index (χ1n) is 19.1. The van der Waals surface area contributed by atoms with E-state index in [1.807, 2.05) is 24.3 Å². The number of nitrogens with zero attached hydrogens (tertiary/aromatic N) is 1. The number of hydrogen-bond acceptors (Lipinski definition) is 10. The van der Waals surface area contributed by atoms with Crippen molar-refractivity contribution in [3.63, 3.8) is 0 Å². The molecule has 0 saturated heterocycles. The maximum Gasteiger partial charge on any atom is 0.410 e. The highest BCUT2D eigenvalue weighted by Gasteiger charge is 2.26. The van der Waals surface area contributed by atoms with E-state index in [-0.39, 0.29) is 109 Å². The highest BCUT2D eigenvalue weighted by Crippen LogP contribution is 2.09. The number of amides is 3. The van der Waals surface area contributed by atoms with E-state index in [4.69, 9.17) is 14.2 Å². The molecule has 0 aliphatic rings. The van der Waals surface area contributed by atoms with Gasteiger partial charge in [0.25, 0.3) is 5.91 Å². The number of carbonyl (C=O) groups excluding carboxylic acids is 5. The molecule has 0 bridgehead atoms. The fourth-order valence-electron chi connectivity index (χ4n) is 4.80. The first kappa shape index (κ1) is 47.5. The number of aliphatic hydroxyl groups excluding tert-OH is 2. The van der Waals surface area contributed by atoms with Gasteiger partial charge in [-0.05, 0) is 51.4 Å². The van der Waals surface area contributed by atoms with Crippen molar-refractivity contribution in [2.24, 2.45) is 0 Å². The van der Waals surface area contributed by atoms with Gasteiger partial charge in [0.15, 0.2) is 6.10 Å². The average molecular weight is 726 g/mol. The number of unbranched alkanes of at least 4 members (excludes halogenated alkanes) is 8. The third-order valence-corrected chi connectivity index (χ3v) is 7.80. The van der Waals surface area contributed by atoms with Crippen molar-refractivity contribution in [3.8, 4) is 0 Å². The second-order valence-electron chi connectivity index (χ2n) is 12.4. The zero-order chi connectivity index (χ0) is 37.8. The largest absolute Gasteiger partial charge is 0.461 e. The highest BCUT2D eigenvalue weighted by molar-refractivity contribution is 5.84. The van der Waals surface area contributed by atoms with Crippen molar-refractivity contribution in [3.05, 3.63) is 24.3 Å². The van der Waals surface area contributed by atoms with Crippen LogP contribution < -0.4 is 10.6 Å². The van der Waals surface area contributed by atoms with Crippen molar-refractivity contribution < 1.29 is 48.4 Å². The molecule has 0 heterocycles. The standard InChI is InChI=1S/C38H67N3O10/c1-3-5-7-9-11-13-15-31-49-35(45)21-17-25-39-34(44)24-23-33(51-38(48)41(27-19-29-42)28-20-30-43)37(47)40-26-18-22-36(46)50-32-16-14-12-10-8-6-4-2/h13-16,33,42-43H,3-12,17-32H2,1-2H3,(H,39,44)(H,40,47)/b15-13-,16-14-. The van der Waals surface area contributed by atoms with Crippen LogP contribution in [0.3, 0.4) is 0 Å². The second-order valence-corrected chi connectivity index (χ2v) is 12.4. The normalized spacial score (nSPS) is 11.8. The van der Waals surface area contributed by atoms with Crippen molar-refractivity contribution in [2.45, 2.75) is 136 Å². The molecule has 0 aromatic carbocycles. The number of allylic oxidation sites excluding steroid dienone is 2. The summed E-state index contributed by atoms with van der Waals surface area (Å²) in [4.78, 5) is 63.9. The smallest absolute Gasteiger partial charge is 0.410 e. The van der Waals surface area contributed by atoms with E-state index in [9.17, 15) is 34.2 Å². The summed E-state index contributed by atoms with van der Waals surface area (Å²) in [5, 5.41) is 23.8. The Morgan fingerprint density at radius 2 is 1.14 bits per heavy atom. The molecule has 0 spiro atoms. The van der Waals surface area contributed by atoms with Crippen LogP contribution in [0.25, 0.3) is 0 Å². The molecule has 1 unspecified atom stereocenters. The molecule has 4 N–H and O–H groups in total. The number of ether oxygens (including phenoxy) is 3. The first-order valence-corrected chi connectivity index (χ1v) is 19.1. The van der Waals surface area contributed by atoms with Crippen molar-refractivity contribution in [1.82, 2.24) is 15.5 Å². The molecule has 13 heteroatoms. The molecule has 0 fully saturated rings. The zero-order valence-electron chi connectivity index (χ0n) is 31.4. The van der Waals surface area contributed by atoms with Crippen LogP contribution in [0.1, 0.15) is 129 Å². The first-order chi connectivity index (χ1) is 24.8. The summed E-state index contributed by atoms with van der Waals surface area (Å²) in [6.45, 7) is 5.13. The van der Waals surface area contributed by atoms with Gasteiger partial charge in [-0.3, -0.25) is 19.2 Å². The van der Waals surface area contributed by atoms with Crippen LogP contribution in [0.4, 0.5) is 4.79 Å². The number of nitrogens with one attached hydrogen (secondary N) is 2. The van der Waals surface area contributed by atoms with Gasteiger partial charge in [-0.1, -0.05) is 76.7 Å². The van der Waals surface area contributed by atoms with Crippen molar-refractivity contribution in [1.29, 1.82) is 0 Å². The van der Waals surface area contributed by atoms with Crippen LogP contribution >= 0.6 is 0 Å². The van der Waals surface area contributed by atoms with Gasteiger partial charge >= 0.3 is 18.0 Å². The van der Waals surface area contributed by atoms with Gasteiger partial charge in [-0.25, -0.2) is 4.79 Å². The molecule has 0 aliphatic heterocycles. The Morgan fingerprint density at radius 1 is 0.627 bits per heavy atom. The number of esters is 2. The van der Waals surface area contributed by atoms with Gasteiger partial charge in [-0.15, -0.1) is 0 Å². The topological polar surface area (TPSA) is 181 Å². The summed E-state index contributed by atoms with van der Waals surface area (Å²) in [5.41, 5.74) is 0. The molecular weight excluding hydrogens is 658 g/mol. The van der Waals surface area contributed by atoms with Crippen LogP contribution in [0, 0.1) is 0 Å². The van der Waals surface area contributed by atoms with E-state index >= 15 is 0 Å². The molecule has 13 nitrogen and oxygen atoms in total. The second kappa shape index (κ2) is 35.0. The van der Waals surface area contributed by atoms with Crippen LogP contribution in [-0.4, -0.2) is 104 Å². The number of rotatable bonds is 33. The maximum atomic E-state index is 13.0. The molecule has 51 heavy (non-hydrogen) atoms. The fraction of sp³-hybridized carbons (Fsp3) is 0.763. The monoisotopic (exact) mass is 725 g/mol. The molecule has 0 aromatic rings. The van der Waals surface area contributed by atoms with E-state index in [2.05, 4.69) is 24.5 Å². The predicted molar refractivity (Wildman–Crippen MR) is 197 cm³/mol. The van der Waals surface area contributed by atoms with E-state index in [0.717, 1.165) is 25.7 Å². The Kier molecular flexibility index (Phi) is 32.6. The lowest BCUT2D eigenvalue weighted by molar-refractivity contribution is -0.143. The Bertz CT molecular complexity index is 981. The van der Waals surface area contributed by atoms with Gasteiger partial charge in [0.05, 0.1) is 0 Å². The summed E-state index contributed by atoms with van der Waals surface area (Å²) >= 11 is 0. The summed E-state index contributed by atoms with van der Waals surface area (Å²) in [5.74, 6) is -1.73. The minimum absolute atomic E-state index is 0.0942. The van der Waals surface area contributed by atoms with E-state index in [1.54, 1.807) is 0 Å². The summed E-state index contributed by atoms with van der Waals surface area (Å²) < 4.78 is 15.9. The van der Waals surface area contributed by atoms with Gasteiger partial charge in [0.2, 0.25) is 5.91 Å². The lowest BCUT2D eigenvalue weighted by Gasteiger charge is -2.25. The minimum atomic E-state index is -1.29. The van der Waals surface area contributed by atoms with Gasteiger partial charge in [0.1, 0.15) is 13.2 Å². The Labute approximate surface area is 305 Å². The van der Waals surface area contributed by atoms with Crippen LogP contribution in [0.15, 0.2) is 24.3 Å².